The molecule has 184 valence electrons. The molecule has 0 fully saturated rings. The van der Waals surface area contributed by atoms with Crippen LogP contribution in [0.15, 0.2) is 100 Å². The summed E-state index contributed by atoms with van der Waals surface area (Å²) in [6.07, 6.45) is 4.99. The van der Waals surface area contributed by atoms with E-state index in [1.165, 1.54) is 6.21 Å². The Bertz CT molecular complexity index is 1230. The summed E-state index contributed by atoms with van der Waals surface area (Å²) in [5.41, 5.74) is 5.89. The fourth-order valence-electron chi connectivity index (χ4n) is 3.44. The van der Waals surface area contributed by atoms with Crippen LogP contribution in [-0.2, 0) is 4.79 Å². The Morgan fingerprint density at radius 3 is 2.03 bits per heavy atom. The zero-order chi connectivity index (χ0) is 25.8. The van der Waals surface area contributed by atoms with Gasteiger partial charge in [-0.05, 0) is 77.3 Å². The Labute approximate surface area is 220 Å². The SMILES string of the molecule is CCN(CC)c1ccc(/C=C(/NC(=O)c2ccccc2)C(=O)NN=C/C(Br)=C\c2ccccc2)cc1. The van der Waals surface area contributed by atoms with E-state index in [4.69, 9.17) is 0 Å². The average Bonchev–Trinajstić information content (AvgIpc) is 2.91. The maximum absolute atomic E-state index is 13.0. The minimum atomic E-state index is -0.539. The summed E-state index contributed by atoms with van der Waals surface area (Å²) >= 11 is 3.43. The highest BCUT2D eigenvalue weighted by molar-refractivity contribution is 9.12. The van der Waals surface area contributed by atoms with Crippen LogP contribution in [0.3, 0.4) is 0 Å². The molecule has 0 spiro atoms. The minimum Gasteiger partial charge on any atom is -0.372 e. The second-order valence-corrected chi connectivity index (χ2v) is 8.70. The average molecular weight is 545 g/mol. The molecule has 0 aliphatic heterocycles. The first-order valence-electron chi connectivity index (χ1n) is 11.7. The van der Waals surface area contributed by atoms with Gasteiger partial charge in [0, 0.05) is 28.8 Å². The lowest BCUT2D eigenvalue weighted by Crippen LogP contribution is -2.32. The highest BCUT2D eigenvalue weighted by Gasteiger charge is 2.14. The van der Waals surface area contributed by atoms with Crippen LogP contribution >= 0.6 is 15.9 Å². The highest BCUT2D eigenvalue weighted by atomic mass is 79.9. The van der Waals surface area contributed by atoms with E-state index in [9.17, 15) is 9.59 Å². The smallest absolute Gasteiger partial charge is 0.287 e. The summed E-state index contributed by atoms with van der Waals surface area (Å²) in [4.78, 5) is 28.0. The fraction of sp³-hybridized carbons (Fsp3) is 0.138. The molecule has 0 saturated carbocycles. The van der Waals surface area contributed by atoms with Crippen LogP contribution in [0.4, 0.5) is 5.69 Å². The Balaban J connectivity index is 1.79. The summed E-state index contributed by atoms with van der Waals surface area (Å²) in [5.74, 6) is -0.922. The number of anilines is 1. The number of halogens is 1. The number of carbonyl (C=O) groups is 2. The van der Waals surface area contributed by atoms with E-state index in [0.717, 1.165) is 29.9 Å². The zero-order valence-corrected chi connectivity index (χ0v) is 21.9. The van der Waals surface area contributed by atoms with E-state index < -0.39 is 5.91 Å². The molecular formula is C29H29BrN4O2. The predicted molar refractivity (Wildman–Crippen MR) is 152 cm³/mol. The first-order chi connectivity index (χ1) is 17.5. The molecule has 0 aliphatic rings. The third-order valence-electron chi connectivity index (χ3n) is 5.32. The summed E-state index contributed by atoms with van der Waals surface area (Å²) < 4.78 is 0.680. The van der Waals surface area contributed by atoms with Crippen molar-refractivity contribution in [1.82, 2.24) is 10.7 Å². The van der Waals surface area contributed by atoms with Crippen molar-refractivity contribution < 1.29 is 9.59 Å². The van der Waals surface area contributed by atoms with Gasteiger partial charge in [0.2, 0.25) is 0 Å². The molecule has 36 heavy (non-hydrogen) atoms. The molecule has 2 amide bonds. The summed E-state index contributed by atoms with van der Waals surface area (Å²) in [5, 5.41) is 6.75. The summed E-state index contributed by atoms with van der Waals surface area (Å²) in [7, 11) is 0. The third-order valence-corrected chi connectivity index (χ3v) is 5.75. The van der Waals surface area contributed by atoms with Crippen LogP contribution < -0.4 is 15.6 Å². The van der Waals surface area contributed by atoms with Crippen molar-refractivity contribution >= 4 is 51.8 Å². The number of hydrazone groups is 1. The van der Waals surface area contributed by atoms with Crippen molar-refractivity contribution in [2.75, 3.05) is 18.0 Å². The summed E-state index contributed by atoms with van der Waals surface area (Å²) in [6.45, 7) is 6.01. The topological polar surface area (TPSA) is 73.8 Å². The predicted octanol–water partition coefficient (Wildman–Crippen LogP) is 5.84. The minimum absolute atomic E-state index is 0.0831. The van der Waals surface area contributed by atoms with Crippen molar-refractivity contribution in [3.63, 3.8) is 0 Å². The monoisotopic (exact) mass is 544 g/mol. The van der Waals surface area contributed by atoms with Gasteiger partial charge in [-0.25, -0.2) is 5.43 Å². The first kappa shape index (κ1) is 26.6. The first-order valence-corrected chi connectivity index (χ1v) is 12.5. The second kappa shape index (κ2) is 13.8. The van der Waals surface area contributed by atoms with Gasteiger partial charge in [-0.15, -0.1) is 0 Å². The van der Waals surface area contributed by atoms with Gasteiger partial charge in [-0.3, -0.25) is 9.59 Å². The van der Waals surface area contributed by atoms with Crippen LogP contribution in [-0.4, -0.2) is 31.1 Å². The molecular weight excluding hydrogens is 516 g/mol. The van der Waals surface area contributed by atoms with E-state index in [2.05, 4.69) is 50.5 Å². The molecule has 0 radical (unpaired) electrons. The molecule has 0 bridgehead atoms. The number of allylic oxidation sites excluding steroid dienone is 1. The van der Waals surface area contributed by atoms with Crippen molar-refractivity contribution in [2.45, 2.75) is 13.8 Å². The summed E-state index contributed by atoms with van der Waals surface area (Å²) in [6, 6.07) is 26.3. The molecule has 3 rings (SSSR count). The number of nitrogens with one attached hydrogen (secondary N) is 2. The van der Waals surface area contributed by atoms with Crippen LogP contribution in [0, 0.1) is 0 Å². The van der Waals surface area contributed by atoms with E-state index in [1.807, 2.05) is 66.7 Å². The lowest BCUT2D eigenvalue weighted by molar-refractivity contribution is -0.117. The Hall–Kier alpha value is -3.97. The van der Waals surface area contributed by atoms with Gasteiger partial charge < -0.3 is 10.2 Å². The molecule has 0 heterocycles. The largest absolute Gasteiger partial charge is 0.372 e. The molecule has 0 saturated heterocycles. The Morgan fingerprint density at radius 2 is 1.42 bits per heavy atom. The number of hydrogen-bond acceptors (Lipinski definition) is 4. The van der Waals surface area contributed by atoms with Crippen LogP contribution in [0.5, 0.6) is 0 Å². The maximum Gasteiger partial charge on any atom is 0.287 e. The lowest BCUT2D eigenvalue weighted by Gasteiger charge is -2.20. The van der Waals surface area contributed by atoms with Gasteiger partial charge in [0.05, 0.1) is 6.21 Å². The maximum atomic E-state index is 13.0. The van der Waals surface area contributed by atoms with Crippen molar-refractivity contribution in [2.24, 2.45) is 5.10 Å². The second-order valence-electron chi connectivity index (χ2n) is 7.78. The Morgan fingerprint density at radius 1 is 0.833 bits per heavy atom. The normalized spacial score (nSPS) is 11.9. The molecule has 7 heteroatoms. The number of amides is 2. The molecule has 0 atom stereocenters. The van der Waals surface area contributed by atoms with Crippen molar-refractivity contribution in [1.29, 1.82) is 0 Å². The van der Waals surface area contributed by atoms with Gasteiger partial charge >= 0.3 is 0 Å². The number of carbonyl (C=O) groups excluding carboxylic acids is 2. The number of hydrogen-bond donors (Lipinski definition) is 2. The molecule has 6 nitrogen and oxygen atoms in total. The number of nitrogens with zero attached hydrogens (tertiary/aromatic N) is 2. The molecule has 3 aromatic rings. The van der Waals surface area contributed by atoms with E-state index in [1.54, 1.807) is 30.3 Å². The highest BCUT2D eigenvalue weighted by Crippen LogP contribution is 2.17. The lowest BCUT2D eigenvalue weighted by atomic mass is 10.1. The quantitative estimate of drug-likeness (QED) is 0.191. The van der Waals surface area contributed by atoms with E-state index >= 15 is 0 Å². The van der Waals surface area contributed by atoms with Gasteiger partial charge in [-0.1, -0.05) is 60.7 Å². The van der Waals surface area contributed by atoms with Gasteiger partial charge in [0.15, 0.2) is 0 Å². The van der Waals surface area contributed by atoms with E-state index in [0.29, 0.717) is 10.0 Å². The van der Waals surface area contributed by atoms with Crippen LogP contribution in [0.2, 0.25) is 0 Å². The van der Waals surface area contributed by atoms with Gasteiger partial charge in [0.25, 0.3) is 11.8 Å². The molecule has 2 N–H and O–H groups in total. The van der Waals surface area contributed by atoms with Crippen LogP contribution in [0.25, 0.3) is 12.2 Å². The fourth-order valence-corrected chi connectivity index (χ4v) is 3.80. The Kier molecular flexibility index (Phi) is 10.2. The van der Waals surface area contributed by atoms with Crippen molar-refractivity contribution in [3.8, 4) is 0 Å². The van der Waals surface area contributed by atoms with E-state index in [-0.39, 0.29) is 11.6 Å². The molecule has 0 aromatic heterocycles. The molecule has 3 aromatic carbocycles. The number of benzene rings is 3. The van der Waals surface area contributed by atoms with Gasteiger partial charge in [-0.2, -0.15) is 5.10 Å². The number of rotatable bonds is 10. The van der Waals surface area contributed by atoms with Crippen molar-refractivity contribution in [3.05, 3.63) is 112 Å². The standard InChI is InChI=1S/C29H29BrN4O2/c1-3-34(4-2)26-17-15-23(16-18-26)20-27(32-28(35)24-13-9-6-10-14-24)29(36)33-31-21-25(30)19-22-11-7-5-8-12-22/h5-21H,3-4H2,1-2H3,(H,32,35)(H,33,36)/b25-19+,27-20+,31-21?. The van der Waals surface area contributed by atoms with Gasteiger partial charge in [0.1, 0.15) is 5.70 Å². The van der Waals surface area contributed by atoms with Crippen LogP contribution in [0.1, 0.15) is 35.3 Å². The zero-order valence-electron chi connectivity index (χ0n) is 20.3. The molecule has 0 aliphatic carbocycles. The third kappa shape index (κ3) is 8.06. The molecule has 0 unspecified atom stereocenters.